The standard InChI is InChI=1S/C22H27F4N5O2S/c1-11-6-7-16-13(8-11)17(29-31(16)34-26)19-28-15-10-12(27-20(32)33-21(2,3)4)9-14(22(23,24)25)18(15)30(19)5/h9-11,19,28H,6-8H2,1-5H3,(H,27,32). The van der Waals surface area contributed by atoms with Gasteiger partial charge in [0.05, 0.1) is 22.6 Å². The summed E-state index contributed by atoms with van der Waals surface area (Å²) in [6.07, 6.45) is -4.04. The van der Waals surface area contributed by atoms with E-state index in [-0.39, 0.29) is 29.4 Å². The summed E-state index contributed by atoms with van der Waals surface area (Å²) in [6.45, 7) is 7.07. The fourth-order valence-electron chi connectivity index (χ4n) is 4.52. The van der Waals surface area contributed by atoms with Crippen LogP contribution in [-0.2, 0) is 23.8 Å². The van der Waals surface area contributed by atoms with Crippen LogP contribution in [0, 0.1) is 5.92 Å². The number of carbonyl (C=O) groups is 1. The molecule has 2 heterocycles. The van der Waals surface area contributed by atoms with Gasteiger partial charge in [0.2, 0.25) is 0 Å². The number of benzene rings is 1. The number of fused-ring (bicyclic) bond motifs is 2. The molecule has 12 heteroatoms. The zero-order chi connectivity index (χ0) is 25.0. The van der Waals surface area contributed by atoms with Gasteiger partial charge in [-0.3, -0.25) is 5.32 Å². The predicted molar refractivity (Wildman–Crippen MR) is 124 cm³/mol. The second-order valence-electron chi connectivity index (χ2n) is 9.80. The molecule has 186 valence electrons. The van der Waals surface area contributed by atoms with Crippen LogP contribution in [0.5, 0.6) is 0 Å². The van der Waals surface area contributed by atoms with E-state index in [4.69, 9.17) is 4.74 Å². The Kier molecular flexibility index (Phi) is 6.16. The average Bonchev–Trinajstić information content (AvgIpc) is 3.22. The number of rotatable bonds is 3. The zero-order valence-electron chi connectivity index (χ0n) is 19.5. The summed E-state index contributed by atoms with van der Waals surface area (Å²) in [5.74, 6) is 0.359. The maximum Gasteiger partial charge on any atom is 0.418 e. The van der Waals surface area contributed by atoms with Gasteiger partial charge >= 0.3 is 12.3 Å². The first-order valence-electron chi connectivity index (χ1n) is 10.9. The number of amides is 1. The van der Waals surface area contributed by atoms with E-state index < -0.39 is 29.6 Å². The number of alkyl halides is 3. The molecule has 1 amide bonds. The van der Waals surface area contributed by atoms with Crippen molar-refractivity contribution in [2.75, 3.05) is 22.6 Å². The summed E-state index contributed by atoms with van der Waals surface area (Å²) in [5, 5.41) is 9.88. The number of ether oxygens (including phenoxy) is 1. The third-order valence-electron chi connectivity index (χ3n) is 5.93. The number of nitrogens with zero attached hydrogens (tertiary/aromatic N) is 3. The Morgan fingerprint density at radius 1 is 1.29 bits per heavy atom. The highest BCUT2D eigenvalue weighted by molar-refractivity contribution is 7.92. The number of halogens is 4. The van der Waals surface area contributed by atoms with Gasteiger partial charge < -0.3 is 15.0 Å². The van der Waals surface area contributed by atoms with E-state index in [0.717, 1.165) is 23.7 Å². The molecule has 0 radical (unpaired) electrons. The molecule has 1 aromatic heterocycles. The molecule has 34 heavy (non-hydrogen) atoms. The molecule has 1 aromatic carbocycles. The Balaban J connectivity index is 1.73. The first kappa shape index (κ1) is 24.5. The number of carbonyl (C=O) groups excluding carboxylic acids is 1. The van der Waals surface area contributed by atoms with Gasteiger partial charge in [0.15, 0.2) is 12.3 Å². The van der Waals surface area contributed by atoms with Gasteiger partial charge in [-0.25, -0.2) is 4.79 Å². The van der Waals surface area contributed by atoms with Crippen molar-refractivity contribution in [1.29, 1.82) is 0 Å². The largest absolute Gasteiger partial charge is 0.444 e. The van der Waals surface area contributed by atoms with Crippen LogP contribution < -0.4 is 15.5 Å². The third kappa shape index (κ3) is 4.64. The van der Waals surface area contributed by atoms with Gasteiger partial charge in [-0.05, 0) is 58.1 Å². The van der Waals surface area contributed by atoms with Crippen LogP contribution in [-0.4, -0.2) is 27.9 Å². The second kappa shape index (κ2) is 8.54. The molecule has 7 nitrogen and oxygen atoms in total. The van der Waals surface area contributed by atoms with Gasteiger partial charge in [-0.1, -0.05) is 6.92 Å². The summed E-state index contributed by atoms with van der Waals surface area (Å²) in [4.78, 5) is 13.6. The molecule has 1 aliphatic heterocycles. The highest BCUT2D eigenvalue weighted by Gasteiger charge is 2.42. The Bertz CT molecular complexity index is 1110. The first-order valence-corrected chi connectivity index (χ1v) is 11.6. The maximum atomic E-state index is 14.0. The van der Waals surface area contributed by atoms with Crippen LogP contribution >= 0.6 is 12.3 Å². The summed E-state index contributed by atoms with van der Waals surface area (Å²) in [7, 11) is 1.54. The quantitative estimate of drug-likeness (QED) is 0.480. The van der Waals surface area contributed by atoms with Crippen LogP contribution in [0.1, 0.15) is 62.8 Å². The molecule has 0 spiro atoms. The van der Waals surface area contributed by atoms with E-state index in [1.54, 1.807) is 27.8 Å². The molecule has 0 fully saturated rings. The molecule has 2 aromatic rings. The van der Waals surface area contributed by atoms with Crippen molar-refractivity contribution in [3.63, 3.8) is 0 Å². The van der Waals surface area contributed by atoms with Crippen molar-refractivity contribution in [3.8, 4) is 0 Å². The van der Waals surface area contributed by atoms with Crippen molar-refractivity contribution in [3.05, 3.63) is 34.6 Å². The Hall–Kier alpha value is -2.63. The molecular formula is C22H27F4N5O2S. The van der Waals surface area contributed by atoms with Crippen LogP contribution in [0.4, 0.5) is 38.9 Å². The van der Waals surface area contributed by atoms with Crippen LogP contribution in [0.3, 0.4) is 0 Å². The van der Waals surface area contributed by atoms with E-state index in [1.807, 2.05) is 0 Å². The molecule has 2 N–H and O–H groups in total. The minimum atomic E-state index is -4.68. The molecule has 2 unspecified atom stereocenters. The number of hydrogen-bond donors (Lipinski definition) is 2. The first-order chi connectivity index (χ1) is 15.8. The monoisotopic (exact) mass is 501 g/mol. The van der Waals surface area contributed by atoms with Crippen molar-refractivity contribution in [2.24, 2.45) is 5.92 Å². The van der Waals surface area contributed by atoms with E-state index in [9.17, 15) is 21.9 Å². The second-order valence-corrected chi connectivity index (χ2v) is 10.3. The molecule has 0 saturated carbocycles. The van der Waals surface area contributed by atoms with E-state index in [2.05, 4.69) is 22.7 Å². The van der Waals surface area contributed by atoms with Gasteiger partial charge in [-0.15, -0.1) is 3.89 Å². The number of hydrogen-bond acceptors (Lipinski definition) is 6. The predicted octanol–water partition coefficient (Wildman–Crippen LogP) is 6.32. The zero-order valence-corrected chi connectivity index (χ0v) is 20.3. The van der Waals surface area contributed by atoms with E-state index in [0.29, 0.717) is 24.5 Å². The lowest BCUT2D eigenvalue weighted by Gasteiger charge is -2.25. The smallest absolute Gasteiger partial charge is 0.418 e. The molecule has 0 saturated heterocycles. The topological polar surface area (TPSA) is 71.4 Å². The Morgan fingerprint density at radius 2 is 2.00 bits per heavy atom. The highest BCUT2D eigenvalue weighted by atomic mass is 32.2. The number of anilines is 3. The van der Waals surface area contributed by atoms with Crippen LogP contribution in [0.25, 0.3) is 0 Å². The van der Waals surface area contributed by atoms with Gasteiger partial charge in [0.1, 0.15) is 17.5 Å². The van der Waals surface area contributed by atoms with E-state index >= 15 is 0 Å². The Morgan fingerprint density at radius 3 is 2.62 bits per heavy atom. The fraction of sp³-hybridized carbons (Fsp3) is 0.545. The van der Waals surface area contributed by atoms with Crippen molar-refractivity contribution < 1.29 is 26.6 Å². The van der Waals surface area contributed by atoms with Crippen molar-refractivity contribution >= 4 is 35.5 Å². The normalized spacial score (nSPS) is 20.0. The lowest BCUT2D eigenvalue weighted by molar-refractivity contribution is -0.137. The fourth-order valence-corrected chi connectivity index (χ4v) is 4.92. The average molecular weight is 502 g/mol. The lowest BCUT2D eigenvalue weighted by Crippen LogP contribution is -2.27. The SMILES string of the molecule is CC1CCc2c(c(C3Nc4cc(NC(=O)OC(C)(C)C)cc(C(F)(F)F)c4N3C)nn2SF)C1. The molecular weight excluding hydrogens is 474 g/mol. The van der Waals surface area contributed by atoms with Gasteiger partial charge in [0, 0.05) is 18.3 Å². The lowest BCUT2D eigenvalue weighted by atomic mass is 9.87. The minimum absolute atomic E-state index is 0.0117. The van der Waals surface area contributed by atoms with Crippen molar-refractivity contribution in [1.82, 2.24) is 9.19 Å². The highest BCUT2D eigenvalue weighted by Crippen LogP contribution is 2.50. The molecule has 1 aliphatic carbocycles. The van der Waals surface area contributed by atoms with Gasteiger partial charge in [-0.2, -0.15) is 22.4 Å². The van der Waals surface area contributed by atoms with Crippen molar-refractivity contribution in [2.45, 2.75) is 64.9 Å². The minimum Gasteiger partial charge on any atom is -0.444 e. The van der Waals surface area contributed by atoms with Gasteiger partial charge in [0.25, 0.3) is 0 Å². The summed E-state index contributed by atoms with van der Waals surface area (Å²) in [6, 6.07) is 2.32. The molecule has 2 atom stereocenters. The Labute approximate surface area is 199 Å². The summed E-state index contributed by atoms with van der Waals surface area (Å²) in [5.41, 5.74) is 0.482. The summed E-state index contributed by atoms with van der Waals surface area (Å²) >= 11 is -0.0117. The number of nitrogens with one attached hydrogen (secondary N) is 2. The van der Waals surface area contributed by atoms with Crippen LogP contribution in [0.2, 0.25) is 0 Å². The third-order valence-corrected chi connectivity index (χ3v) is 6.36. The van der Waals surface area contributed by atoms with E-state index in [1.165, 1.54) is 15.1 Å². The van der Waals surface area contributed by atoms with Crippen LogP contribution in [0.15, 0.2) is 12.1 Å². The number of aromatic nitrogens is 2. The maximum absolute atomic E-state index is 14.0. The summed E-state index contributed by atoms with van der Waals surface area (Å²) < 4.78 is 62.1. The molecule has 4 rings (SSSR count). The molecule has 2 aliphatic rings. The molecule has 0 bridgehead atoms.